The molecule has 1 aromatic rings. The Morgan fingerprint density at radius 2 is 1.93 bits per heavy atom. The molecule has 164 valence electrons. The molecule has 0 aliphatic carbocycles. The van der Waals surface area contributed by atoms with Crippen LogP contribution < -0.4 is 5.32 Å². The highest BCUT2D eigenvalue weighted by molar-refractivity contribution is 5.86. The highest BCUT2D eigenvalue weighted by atomic mass is 16.5. The largest absolute Gasteiger partial charge is 0.466 e. The zero-order valence-corrected chi connectivity index (χ0v) is 17.9. The van der Waals surface area contributed by atoms with Gasteiger partial charge in [0.15, 0.2) is 0 Å². The molecule has 0 bridgehead atoms. The molecule has 2 atom stereocenters. The first-order valence-corrected chi connectivity index (χ1v) is 10.3. The van der Waals surface area contributed by atoms with Crippen molar-refractivity contribution in [3.05, 3.63) is 35.9 Å². The van der Waals surface area contributed by atoms with Gasteiger partial charge < -0.3 is 19.9 Å². The number of hydrogen-bond donors (Lipinski definition) is 1. The van der Waals surface area contributed by atoms with E-state index in [2.05, 4.69) is 5.32 Å². The van der Waals surface area contributed by atoms with Crippen molar-refractivity contribution in [1.29, 1.82) is 0 Å². The summed E-state index contributed by atoms with van der Waals surface area (Å²) >= 11 is 0. The molecule has 1 aliphatic rings. The molecule has 8 nitrogen and oxygen atoms in total. The molecule has 1 heterocycles. The lowest BCUT2D eigenvalue weighted by molar-refractivity contribution is -0.152. The second-order valence-corrected chi connectivity index (χ2v) is 7.55. The Bertz CT molecular complexity index is 752. The van der Waals surface area contributed by atoms with E-state index in [1.807, 2.05) is 30.3 Å². The molecule has 0 saturated carbocycles. The molecule has 3 amide bonds. The summed E-state index contributed by atoms with van der Waals surface area (Å²) in [5, 5.41) is 2.80. The molecule has 0 spiro atoms. The first-order valence-electron chi connectivity index (χ1n) is 10.3. The molecule has 1 aromatic carbocycles. The van der Waals surface area contributed by atoms with Crippen molar-refractivity contribution >= 4 is 23.7 Å². The third kappa shape index (κ3) is 6.86. The molecule has 0 radical (unpaired) electrons. The third-order valence-electron chi connectivity index (χ3n) is 5.15. The second kappa shape index (κ2) is 11.3. The standard InChI is InChI=1S/C22H31N3O5/c1-4-30-22(29)18-11-8-12-25(14-18)21(28)15-24(3)20(27)13-19(23-16(2)26)17-9-6-5-7-10-17/h5-7,9-10,18-19H,4,8,11-15H2,1-3H3,(H,23,26). The van der Waals surface area contributed by atoms with Crippen LogP contribution in [0.5, 0.6) is 0 Å². The lowest BCUT2D eigenvalue weighted by Gasteiger charge is -2.33. The molecule has 2 rings (SSSR count). The topological polar surface area (TPSA) is 96.0 Å². The van der Waals surface area contributed by atoms with Crippen LogP contribution in [-0.4, -0.2) is 66.8 Å². The molecule has 0 aromatic heterocycles. The van der Waals surface area contributed by atoms with Gasteiger partial charge in [-0.05, 0) is 25.3 Å². The van der Waals surface area contributed by atoms with Gasteiger partial charge in [-0.25, -0.2) is 0 Å². The van der Waals surface area contributed by atoms with Crippen LogP contribution in [0.4, 0.5) is 0 Å². The smallest absolute Gasteiger partial charge is 0.310 e. The van der Waals surface area contributed by atoms with E-state index in [0.29, 0.717) is 26.1 Å². The quantitative estimate of drug-likeness (QED) is 0.647. The molecular weight excluding hydrogens is 386 g/mol. The Balaban J connectivity index is 1.94. The van der Waals surface area contributed by atoms with Gasteiger partial charge in [0, 0.05) is 27.1 Å². The van der Waals surface area contributed by atoms with Crippen molar-refractivity contribution in [2.24, 2.45) is 5.92 Å². The number of rotatable bonds is 8. The summed E-state index contributed by atoms with van der Waals surface area (Å²) in [6.07, 6.45) is 1.48. The van der Waals surface area contributed by atoms with Gasteiger partial charge in [0.2, 0.25) is 17.7 Å². The van der Waals surface area contributed by atoms with Crippen molar-refractivity contribution in [3.8, 4) is 0 Å². The zero-order chi connectivity index (χ0) is 22.1. The normalized spacial score (nSPS) is 17.0. The van der Waals surface area contributed by atoms with Crippen LogP contribution >= 0.6 is 0 Å². The second-order valence-electron chi connectivity index (χ2n) is 7.55. The van der Waals surface area contributed by atoms with Crippen molar-refractivity contribution in [2.45, 2.75) is 39.2 Å². The molecule has 1 aliphatic heterocycles. The van der Waals surface area contributed by atoms with Gasteiger partial charge in [0.25, 0.3) is 0 Å². The maximum Gasteiger partial charge on any atom is 0.310 e. The van der Waals surface area contributed by atoms with Crippen molar-refractivity contribution in [3.63, 3.8) is 0 Å². The fourth-order valence-electron chi connectivity index (χ4n) is 3.56. The molecule has 1 saturated heterocycles. The maximum atomic E-state index is 12.7. The monoisotopic (exact) mass is 417 g/mol. The van der Waals surface area contributed by atoms with E-state index in [1.165, 1.54) is 11.8 Å². The minimum atomic E-state index is -0.461. The molecular formula is C22H31N3O5. The summed E-state index contributed by atoms with van der Waals surface area (Å²) in [6.45, 7) is 4.29. The number of likely N-dealkylation sites (N-methyl/N-ethyl adjacent to an activating group) is 1. The summed E-state index contributed by atoms with van der Waals surface area (Å²) in [5.41, 5.74) is 0.828. The van der Waals surface area contributed by atoms with Crippen molar-refractivity contribution in [1.82, 2.24) is 15.1 Å². The predicted octanol–water partition coefficient (Wildman–Crippen LogP) is 1.51. The van der Waals surface area contributed by atoms with E-state index in [1.54, 1.807) is 18.9 Å². The lowest BCUT2D eigenvalue weighted by Crippen LogP contribution is -2.47. The summed E-state index contributed by atoms with van der Waals surface area (Å²) in [4.78, 5) is 51.9. The number of likely N-dealkylation sites (tertiary alicyclic amines) is 1. The van der Waals surface area contributed by atoms with Crippen LogP contribution in [0.1, 0.15) is 44.7 Å². The van der Waals surface area contributed by atoms with Crippen LogP contribution in [0.15, 0.2) is 30.3 Å². The minimum Gasteiger partial charge on any atom is -0.466 e. The molecule has 1 fully saturated rings. The van der Waals surface area contributed by atoms with Crippen molar-refractivity contribution < 1.29 is 23.9 Å². The number of nitrogens with one attached hydrogen (secondary N) is 1. The third-order valence-corrected chi connectivity index (χ3v) is 5.15. The summed E-state index contributed by atoms with van der Waals surface area (Å²) in [6, 6.07) is 8.79. The fraction of sp³-hybridized carbons (Fsp3) is 0.545. The van der Waals surface area contributed by atoms with Crippen LogP contribution in [-0.2, 0) is 23.9 Å². The van der Waals surface area contributed by atoms with E-state index >= 15 is 0 Å². The summed E-state index contributed by atoms with van der Waals surface area (Å²) in [5.74, 6) is -1.26. The number of piperidine rings is 1. The van der Waals surface area contributed by atoms with Gasteiger partial charge in [-0.2, -0.15) is 0 Å². The average molecular weight is 418 g/mol. The van der Waals surface area contributed by atoms with E-state index in [9.17, 15) is 19.2 Å². The molecule has 2 unspecified atom stereocenters. The maximum absolute atomic E-state index is 12.7. The Labute approximate surface area is 177 Å². The van der Waals surface area contributed by atoms with Gasteiger partial charge in [0.05, 0.1) is 31.5 Å². The van der Waals surface area contributed by atoms with E-state index in [-0.39, 0.29) is 42.6 Å². The van der Waals surface area contributed by atoms with E-state index in [4.69, 9.17) is 4.74 Å². The van der Waals surface area contributed by atoms with Gasteiger partial charge in [0.1, 0.15) is 0 Å². The molecule has 30 heavy (non-hydrogen) atoms. The Kier molecular flexibility index (Phi) is 8.83. The van der Waals surface area contributed by atoms with Crippen molar-refractivity contribution in [2.75, 3.05) is 33.3 Å². The van der Waals surface area contributed by atoms with E-state index in [0.717, 1.165) is 12.0 Å². The molecule has 8 heteroatoms. The van der Waals surface area contributed by atoms with Gasteiger partial charge in [-0.15, -0.1) is 0 Å². The number of benzene rings is 1. The first-order chi connectivity index (χ1) is 14.3. The van der Waals surface area contributed by atoms with Gasteiger partial charge >= 0.3 is 5.97 Å². The van der Waals surface area contributed by atoms with Crippen LogP contribution in [0, 0.1) is 5.92 Å². The average Bonchev–Trinajstić information content (AvgIpc) is 2.73. The Hall–Kier alpha value is -2.90. The lowest BCUT2D eigenvalue weighted by atomic mass is 9.98. The SMILES string of the molecule is CCOC(=O)C1CCCN(C(=O)CN(C)C(=O)CC(NC(C)=O)c2ccccc2)C1. The zero-order valence-electron chi connectivity index (χ0n) is 17.9. The van der Waals surface area contributed by atoms with Gasteiger partial charge in [-0.1, -0.05) is 30.3 Å². The number of carbonyl (C=O) groups excluding carboxylic acids is 4. The van der Waals surface area contributed by atoms with Crippen LogP contribution in [0.25, 0.3) is 0 Å². The van der Waals surface area contributed by atoms with Crippen LogP contribution in [0.3, 0.4) is 0 Å². The highest BCUT2D eigenvalue weighted by Gasteiger charge is 2.30. The predicted molar refractivity (Wildman–Crippen MR) is 111 cm³/mol. The Morgan fingerprint density at radius 3 is 2.57 bits per heavy atom. The Morgan fingerprint density at radius 1 is 1.23 bits per heavy atom. The van der Waals surface area contributed by atoms with E-state index < -0.39 is 6.04 Å². The number of carbonyl (C=O) groups is 4. The molecule has 1 N–H and O–H groups in total. The number of ether oxygens (including phenoxy) is 1. The summed E-state index contributed by atoms with van der Waals surface area (Å²) in [7, 11) is 1.57. The number of amides is 3. The summed E-state index contributed by atoms with van der Waals surface area (Å²) < 4.78 is 5.07. The number of nitrogens with zero attached hydrogens (tertiary/aromatic N) is 2. The van der Waals surface area contributed by atoms with Crippen LogP contribution in [0.2, 0.25) is 0 Å². The first kappa shape index (κ1) is 23.4. The number of esters is 1. The highest BCUT2D eigenvalue weighted by Crippen LogP contribution is 2.20. The van der Waals surface area contributed by atoms with Gasteiger partial charge in [-0.3, -0.25) is 19.2 Å². The number of hydrogen-bond acceptors (Lipinski definition) is 5. The minimum absolute atomic E-state index is 0.0544. The fourth-order valence-corrected chi connectivity index (χ4v) is 3.56.